The van der Waals surface area contributed by atoms with Gasteiger partial charge in [0.1, 0.15) is 11.1 Å². The van der Waals surface area contributed by atoms with Gasteiger partial charge in [0.25, 0.3) is 0 Å². The summed E-state index contributed by atoms with van der Waals surface area (Å²) in [6.45, 7) is 1.93. The molecule has 2 aromatic heterocycles. The fraction of sp³-hybridized carbons (Fsp3) is 0.0833. The standard InChI is InChI=1S/C12H9N2S2/c1-8-6-9(11-4-3-5-16-11)10(7-13)12(14-8)15-2/h3-6H,2H2,1H3. The average Bonchev–Trinajstić information content (AvgIpc) is 2.81. The summed E-state index contributed by atoms with van der Waals surface area (Å²) in [7, 11) is 0. The minimum atomic E-state index is 0.619. The largest absolute Gasteiger partial charge is 0.245 e. The first-order valence-corrected chi connectivity index (χ1v) is 6.50. The summed E-state index contributed by atoms with van der Waals surface area (Å²) in [5.41, 5.74) is 2.48. The van der Waals surface area contributed by atoms with Gasteiger partial charge in [-0.3, -0.25) is 0 Å². The van der Waals surface area contributed by atoms with Crippen LogP contribution in [0.15, 0.2) is 28.6 Å². The van der Waals surface area contributed by atoms with Crippen LogP contribution in [0.4, 0.5) is 0 Å². The van der Waals surface area contributed by atoms with Crippen LogP contribution < -0.4 is 0 Å². The number of hydrogen-bond acceptors (Lipinski definition) is 4. The van der Waals surface area contributed by atoms with Crippen molar-refractivity contribution >= 4 is 23.1 Å². The van der Waals surface area contributed by atoms with Crippen LogP contribution in [0, 0.1) is 24.5 Å². The zero-order chi connectivity index (χ0) is 11.5. The van der Waals surface area contributed by atoms with Crippen molar-refractivity contribution in [3.8, 4) is 16.5 Å². The second kappa shape index (κ2) is 4.69. The number of nitrogens with zero attached hydrogens (tertiary/aromatic N) is 2. The summed E-state index contributed by atoms with van der Waals surface area (Å²) in [6, 6.07) is 8.15. The van der Waals surface area contributed by atoms with E-state index in [-0.39, 0.29) is 0 Å². The van der Waals surface area contributed by atoms with E-state index in [2.05, 4.69) is 17.3 Å². The molecule has 2 aromatic rings. The molecule has 0 aliphatic rings. The van der Waals surface area contributed by atoms with Crippen LogP contribution in [-0.2, 0) is 0 Å². The van der Waals surface area contributed by atoms with E-state index in [9.17, 15) is 5.26 Å². The molecule has 1 radical (unpaired) electrons. The molecule has 0 atom stereocenters. The van der Waals surface area contributed by atoms with E-state index in [0.29, 0.717) is 10.6 Å². The highest BCUT2D eigenvalue weighted by molar-refractivity contribution is 8.00. The first-order chi connectivity index (χ1) is 7.76. The molecule has 2 nitrogen and oxygen atoms in total. The Hall–Kier alpha value is -1.31. The van der Waals surface area contributed by atoms with Crippen molar-refractivity contribution in [2.75, 3.05) is 0 Å². The Labute approximate surface area is 103 Å². The van der Waals surface area contributed by atoms with Crippen LogP contribution in [0.1, 0.15) is 11.3 Å². The van der Waals surface area contributed by atoms with Gasteiger partial charge < -0.3 is 0 Å². The fourth-order valence-electron chi connectivity index (χ4n) is 1.48. The van der Waals surface area contributed by atoms with Gasteiger partial charge >= 0.3 is 0 Å². The van der Waals surface area contributed by atoms with E-state index in [1.807, 2.05) is 30.5 Å². The molecule has 0 saturated carbocycles. The smallest absolute Gasteiger partial charge is 0.115 e. The number of thioether (sulfide) groups is 1. The average molecular weight is 245 g/mol. The second-order valence-corrected chi connectivity index (χ2v) is 4.85. The zero-order valence-corrected chi connectivity index (χ0v) is 10.4. The van der Waals surface area contributed by atoms with E-state index in [1.54, 1.807) is 11.3 Å². The van der Waals surface area contributed by atoms with Crippen LogP contribution in [0.5, 0.6) is 0 Å². The molecule has 4 heteroatoms. The number of aromatic nitrogens is 1. The highest BCUT2D eigenvalue weighted by Crippen LogP contribution is 2.32. The lowest BCUT2D eigenvalue weighted by Gasteiger charge is -2.06. The Morgan fingerprint density at radius 3 is 2.94 bits per heavy atom. The molecule has 0 unspecified atom stereocenters. The molecule has 0 N–H and O–H groups in total. The Morgan fingerprint density at radius 1 is 1.56 bits per heavy atom. The SMILES string of the molecule is [CH2]Sc1nc(C)cc(-c2cccs2)c1C#N. The molecule has 79 valence electrons. The van der Waals surface area contributed by atoms with E-state index in [4.69, 9.17) is 0 Å². The summed E-state index contributed by atoms with van der Waals surface area (Å²) in [5, 5.41) is 11.9. The Balaban J connectivity index is 2.69. The quantitative estimate of drug-likeness (QED) is 0.753. The number of nitriles is 1. The molecule has 0 fully saturated rings. The van der Waals surface area contributed by atoms with Gasteiger partial charge in [0, 0.05) is 22.4 Å². The number of thiophene rings is 1. The molecule has 0 aliphatic carbocycles. The van der Waals surface area contributed by atoms with Crippen LogP contribution >= 0.6 is 23.1 Å². The van der Waals surface area contributed by atoms with E-state index in [1.165, 1.54) is 11.8 Å². The van der Waals surface area contributed by atoms with Crippen molar-refractivity contribution in [2.45, 2.75) is 11.9 Å². The number of hydrogen-bond donors (Lipinski definition) is 0. The number of rotatable bonds is 2. The van der Waals surface area contributed by atoms with Crippen LogP contribution in [0.2, 0.25) is 0 Å². The normalized spacial score (nSPS) is 10.1. The Kier molecular flexibility index (Phi) is 3.28. The molecule has 0 aliphatic heterocycles. The van der Waals surface area contributed by atoms with Gasteiger partial charge in [0.15, 0.2) is 0 Å². The summed E-state index contributed by atoms with van der Waals surface area (Å²) < 4.78 is 0. The van der Waals surface area contributed by atoms with Crippen molar-refractivity contribution in [1.82, 2.24) is 4.98 Å². The predicted octanol–water partition coefficient (Wildman–Crippen LogP) is 3.87. The third kappa shape index (κ3) is 1.97. The van der Waals surface area contributed by atoms with Gasteiger partial charge in [-0.15, -0.1) is 23.1 Å². The molecule has 0 spiro atoms. The minimum absolute atomic E-state index is 0.619. The molecule has 0 bridgehead atoms. The molecular formula is C12H9N2S2. The third-order valence-corrected chi connectivity index (χ3v) is 3.62. The van der Waals surface area contributed by atoms with Gasteiger partial charge in [-0.2, -0.15) is 5.26 Å². The molecule has 0 amide bonds. The van der Waals surface area contributed by atoms with E-state index >= 15 is 0 Å². The van der Waals surface area contributed by atoms with Crippen molar-refractivity contribution < 1.29 is 0 Å². The molecule has 2 heterocycles. The maximum atomic E-state index is 9.19. The lowest BCUT2D eigenvalue weighted by molar-refractivity contribution is 1.06. The topological polar surface area (TPSA) is 36.7 Å². The van der Waals surface area contributed by atoms with Gasteiger partial charge in [-0.1, -0.05) is 6.07 Å². The third-order valence-electron chi connectivity index (χ3n) is 2.15. The molecule has 0 aromatic carbocycles. The highest BCUT2D eigenvalue weighted by Gasteiger charge is 2.12. The van der Waals surface area contributed by atoms with Gasteiger partial charge in [-0.05, 0) is 24.4 Å². The van der Waals surface area contributed by atoms with Crippen molar-refractivity contribution in [1.29, 1.82) is 5.26 Å². The first kappa shape index (κ1) is 11.2. The van der Waals surface area contributed by atoms with Crippen molar-refractivity contribution in [3.63, 3.8) is 0 Å². The Morgan fingerprint density at radius 2 is 2.38 bits per heavy atom. The van der Waals surface area contributed by atoms with E-state index in [0.717, 1.165) is 16.1 Å². The summed E-state index contributed by atoms with van der Waals surface area (Å²) >= 11 is 2.89. The van der Waals surface area contributed by atoms with Gasteiger partial charge in [0.05, 0.1) is 5.56 Å². The van der Waals surface area contributed by atoms with Crippen LogP contribution in [-0.4, -0.2) is 4.98 Å². The second-order valence-electron chi connectivity index (χ2n) is 3.22. The maximum absolute atomic E-state index is 9.19. The summed E-state index contributed by atoms with van der Waals surface area (Å²) in [6.07, 6.45) is 3.73. The highest BCUT2D eigenvalue weighted by atomic mass is 32.2. The summed E-state index contributed by atoms with van der Waals surface area (Å²) in [5.74, 6) is 0. The van der Waals surface area contributed by atoms with Crippen LogP contribution in [0.25, 0.3) is 10.4 Å². The monoisotopic (exact) mass is 245 g/mol. The maximum Gasteiger partial charge on any atom is 0.115 e. The molecule has 0 saturated heterocycles. The van der Waals surface area contributed by atoms with Crippen LogP contribution in [0.3, 0.4) is 0 Å². The van der Waals surface area contributed by atoms with Crippen molar-refractivity contribution in [2.24, 2.45) is 0 Å². The fourth-order valence-corrected chi connectivity index (χ4v) is 2.74. The number of aryl methyl sites for hydroxylation is 1. The zero-order valence-electron chi connectivity index (χ0n) is 8.73. The lowest BCUT2D eigenvalue weighted by atomic mass is 10.1. The minimum Gasteiger partial charge on any atom is -0.245 e. The summed E-state index contributed by atoms with van der Waals surface area (Å²) in [4.78, 5) is 5.41. The lowest BCUT2D eigenvalue weighted by Crippen LogP contribution is -1.92. The molecule has 16 heavy (non-hydrogen) atoms. The van der Waals surface area contributed by atoms with Gasteiger partial charge in [0.2, 0.25) is 0 Å². The molecule has 2 rings (SSSR count). The molecular weight excluding hydrogens is 236 g/mol. The predicted molar refractivity (Wildman–Crippen MR) is 68.2 cm³/mol. The van der Waals surface area contributed by atoms with Gasteiger partial charge in [-0.25, -0.2) is 4.98 Å². The number of pyridine rings is 1. The first-order valence-electron chi connectivity index (χ1n) is 4.64. The van der Waals surface area contributed by atoms with E-state index < -0.39 is 0 Å². The van der Waals surface area contributed by atoms with Crippen molar-refractivity contribution in [3.05, 3.63) is 41.1 Å². The Bertz CT molecular complexity index is 539.